The maximum atomic E-state index is 8.66. The summed E-state index contributed by atoms with van der Waals surface area (Å²) in [6.07, 6.45) is -0.968. The topological polar surface area (TPSA) is 101 Å². The molecule has 0 aromatic heterocycles. The van der Waals surface area contributed by atoms with E-state index in [1.165, 1.54) is 0 Å². The van der Waals surface area contributed by atoms with E-state index in [1.54, 1.807) is 0 Å². The predicted molar refractivity (Wildman–Crippen MR) is 34.9 cm³/mol. The molecule has 0 heterocycles. The molecular weight excluding hydrogens is 156 g/mol. The quantitative estimate of drug-likeness (QED) is 0.302. The summed E-state index contributed by atoms with van der Waals surface area (Å²) in [6, 6.07) is -0.241. The summed E-state index contributed by atoms with van der Waals surface area (Å²) in [6.45, 7) is -0.426. The summed E-state index contributed by atoms with van der Waals surface area (Å²) in [4.78, 5) is 25.3. The Labute approximate surface area is 59.6 Å². The van der Waals surface area contributed by atoms with E-state index in [0.29, 0.717) is 0 Å². The third kappa shape index (κ3) is 6.14. The molecule has 0 rings (SSSR count). The zero-order chi connectivity index (χ0) is 8.20. The van der Waals surface area contributed by atoms with Crippen molar-refractivity contribution in [3.63, 3.8) is 0 Å². The fourth-order valence-corrected chi connectivity index (χ4v) is 1.17. The van der Waals surface area contributed by atoms with E-state index < -0.39 is 21.5 Å². The SMILES string of the molecule is OCC(O)CC[Si](O)(O)O. The lowest BCUT2D eigenvalue weighted by molar-refractivity contribution is 0.0874. The zero-order valence-corrected chi connectivity index (χ0v) is 6.43. The van der Waals surface area contributed by atoms with Crippen molar-refractivity contribution in [3.05, 3.63) is 0 Å². The molecule has 0 amide bonds. The Morgan fingerprint density at radius 3 is 2.00 bits per heavy atom. The van der Waals surface area contributed by atoms with Crippen LogP contribution in [0.15, 0.2) is 0 Å². The summed E-state index contributed by atoms with van der Waals surface area (Å²) in [5, 5.41) is 16.9. The lowest BCUT2D eigenvalue weighted by Gasteiger charge is -2.10. The molecule has 0 aliphatic heterocycles. The monoisotopic (exact) mass is 168 g/mol. The Bertz CT molecular complexity index is 90.1. The van der Waals surface area contributed by atoms with Gasteiger partial charge in [0.25, 0.3) is 0 Å². The molecule has 0 spiro atoms. The first-order valence-corrected chi connectivity index (χ1v) is 4.96. The average Bonchev–Trinajstić information content (AvgIpc) is 1.81. The van der Waals surface area contributed by atoms with Gasteiger partial charge in [0.15, 0.2) is 0 Å². The zero-order valence-electron chi connectivity index (χ0n) is 5.43. The highest BCUT2D eigenvalue weighted by Gasteiger charge is 2.27. The molecule has 5 N–H and O–H groups in total. The van der Waals surface area contributed by atoms with E-state index in [4.69, 9.17) is 24.6 Å². The highest BCUT2D eigenvalue weighted by molar-refractivity contribution is 6.56. The molecule has 0 bridgehead atoms. The minimum atomic E-state index is -4.01. The summed E-state index contributed by atoms with van der Waals surface area (Å²) < 4.78 is 0. The van der Waals surface area contributed by atoms with Gasteiger partial charge in [0.2, 0.25) is 0 Å². The predicted octanol–water partition coefficient (Wildman–Crippen LogP) is -2.35. The van der Waals surface area contributed by atoms with Crippen LogP contribution < -0.4 is 0 Å². The Morgan fingerprint density at radius 1 is 1.20 bits per heavy atom. The molecule has 62 valence electrons. The van der Waals surface area contributed by atoms with Gasteiger partial charge in [-0.2, -0.15) is 0 Å². The molecule has 0 saturated heterocycles. The first-order chi connectivity index (χ1) is 4.45. The maximum Gasteiger partial charge on any atom is 0.492 e. The van der Waals surface area contributed by atoms with E-state index in [9.17, 15) is 0 Å². The van der Waals surface area contributed by atoms with Crippen molar-refractivity contribution in [1.29, 1.82) is 0 Å². The first kappa shape index (κ1) is 10.0. The molecule has 0 aromatic rings. The van der Waals surface area contributed by atoms with Crippen molar-refractivity contribution < 1.29 is 24.6 Å². The van der Waals surface area contributed by atoms with Crippen molar-refractivity contribution in [3.8, 4) is 0 Å². The highest BCUT2D eigenvalue weighted by Crippen LogP contribution is 2.04. The Kier molecular flexibility index (Phi) is 4.02. The Balaban J connectivity index is 3.36. The molecule has 1 unspecified atom stereocenters. The molecule has 0 aromatic carbocycles. The summed E-state index contributed by atoms with van der Waals surface area (Å²) in [5.74, 6) is 0. The van der Waals surface area contributed by atoms with E-state index in [-0.39, 0.29) is 12.5 Å². The van der Waals surface area contributed by atoms with Crippen molar-refractivity contribution in [1.82, 2.24) is 0 Å². The lowest BCUT2D eigenvalue weighted by Crippen LogP contribution is -2.35. The summed E-state index contributed by atoms with van der Waals surface area (Å²) in [7, 11) is -4.01. The molecule has 6 heteroatoms. The fourth-order valence-electron chi connectivity index (χ4n) is 0.452. The third-order valence-corrected chi connectivity index (χ3v) is 1.98. The molecule has 0 aliphatic rings. The van der Waals surface area contributed by atoms with Crippen molar-refractivity contribution >= 4 is 8.80 Å². The van der Waals surface area contributed by atoms with Gasteiger partial charge in [0.1, 0.15) is 0 Å². The largest absolute Gasteiger partial charge is 0.492 e. The second kappa shape index (κ2) is 4.01. The molecule has 0 fully saturated rings. The second-order valence-corrected chi connectivity index (χ2v) is 4.20. The van der Waals surface area contributed by atoms with Gasteiger partial charge in [-0.15, -0.1) is 0 Å². The number of hydrogen-bond acceptors (Lipinski definition) is 5. The molecule has 0 saturated carbocycles. The third-order valence-electron chi connectivity index (χ3n) is 1.02. The van der Waals surface area contributed by atoms with Crippen LogP contribution in [0.1, 0.15) is 6.42 Å². The Morgan fingerprint density at radius 2 is 1.70 bits per heavy atom. The standard InChI is InChI=1S/C4H12O5Si/c5-3-4(6)1-2-10(7,8)9/h4-9H,1-3H2. The van der Waals surface area contributed by atoms with Gasteiger partial charge in [0, 0.05) is 6.04 Å². The van der Waals surface area contributed by atoms with Gasteiger partial charge in [-0.05, 0) is 6.42 Å². The van der Waals surface area contributed by atoms with E-state index in [1.807, 2.05) is 0 Å². The van der Waals surface area contributed by atoms with Crippen LogP contribution >= 0.6 is 0 Å². The van der Waals surface area contributed by atoms with Crippen LogP contribution in [0.25, 0.3) is 0 Å². The minimum Gasteiger partial charge on any atom is -0.394 e. The fraction of sp³-hybridized carbons (Fsp3) is 1.00. The normalized spacial score (nSPS) is 15.3. The van der Waals surface area contributed by atoms with Crippen LogP contribution in [0.3, 0.4) is 0 Å². The molecule has 0 aliphatic carbocycles. The van der Waals surface area contributed by atoms with Gasteiger partial charge in [-0.1, -0.05) is 0 Å². The number of aliphatic hydroxyl groups excluding tert-OH is 2. The van der Waals surface area contributed by atoms with Crippen molar-refractivity contribution in [2.45, 2.75) is 18.6 Å². The van der Waals surface area contributed by atoms with Crippen molar-refractivity contribution in [2.75, 3.05) is 6.61 Å². The van der Waals surface area contributed by atoms with Crippen LogP contribution in [-0.2, 0) is 0 Å². The molecule has 1 atom stereocenters. The van der Waals surface area contributed by atoms with E-state index in [0.717, 1.165) is 0 Å². The van der Waals surface area contributed by atoms with E-state index >= 15 is 0 Å². The smallest absolute Gasteiger partial charge is 0.394 e. The average molecular weight is 168 g/mol. The summed E-state index contributed by atoms with van der Waals surface area (Å²) >= 11 is 0. The van der Waals surface area contributed by atoms with Crippen LogP contribution in [0.5, 0.6) is 0 Å². The van der Waals surface area contributed by atoms with Crippen LogP contribution in [-0.4, -0.2) is 46.1 Å². The number of rotatable bonds is 4. The van der Waals surface area contributed by atoms with Crippen molar-refractivity contribution in [2.24, 2.45) is 0 Å². The molecule has 10 heavy (non-hydrogen) atoms. The van der Waals surface area contributed by atoms with Crippen LogP contribution in [0.4, 0.5) is 0 Å². The molecule has 5 nitrogen and oxygen atoms in total. The van der Waals surface area contributed by atoms with Gasteiger partial charge < -0.3 is 24.6 Å². The minimum absolute atomic E-state index is 0.00617. The second-order valence-electron chi connectivity index (χ2n) is 2.15. The lowest BCUT2D eigenvalue weighted by atomic mass is 10.3. The highest BCUT2D eigenvalue weighted by atomic mass is 28.4. The van der Waals surface area contributed by atoms with Crippen LogP contribution in [0.2, 0.25) is 6.04 Å². The van der Waals surface area contributed by atoms with Gasteiger partial charge in [0.05, 0.1) is 12.7 Å². The van der Waals surface area contributed by atoms with Crippen LogP contribution in [0, 0.1) is 0 Å². The van der Waals surface area contributed by atoms with E-state index in [2.05, 4.69) is 0 Å². The van der Waals surface area contributed by atoms with Gasteiger partial charge >= 0.3 is 8.80 Å². The molecule has 0 radical (unpaired) electrons. The maximum absolute atomic E-state index is 8.66. The Hall–Kier alpha value is 0.0169. The van der Waals surface area contributed by atoms with Gasteiger partial charge in [-0.25, -0.2) is 0 Å². The number of hydrogen-bond donors (Lipinski definition) is 5. The molecular formula is C4H12O5Si. The first-order valence-electron chi connectivity index (χ1n) is 2.92. The summed E-state index contributed by atoms with van der Waals surface area (Å²) in [5.41, 5.74) is 0. The van der Waals surface area contributed by atoms with Gasteiger partial charge in [-0.3, -0.25) is 0 Å². The number of aliphatic hydroxyl groups is 2.